The lowest BCUT2D eigenvalue weighted by molar-refractivity contribution is -0.117. The Balaban J connectivity index is 2.08. The summed E-state index contributed by atoms with van der Waals surface area (Å²) in [5.74, 6) is 0.365. The van der Waals surface area contributed by atoms with Crippen LogP contribution >= 0.6 is 0 Å². The number of methoxy groups -OCH3 is 1. The van der Waals surface area contributed by atoms with E-state index in [0.29, 0.717) is 13.1 Å². The second-order valence-electron chi connectivity index (χ2n) is 5.81. The molecule has 26 heavy (non-hydrogen) atoms. The second-order valence-corrected chi connectivity index (χ2v) is 5.81. The molecule has 0 heterocycles. The molecule has 0 spiro atoms. The third kappa shape index (κ3) is 5.12. The summed E-state index contributed by atoms with van der Waals surface area (Å²) in [6.45, 7) is 4.98. The van der Waals surface area contributed by atoms with Gasteiger partial charge in [0.25, 0.3) is 5.91 Å². The number of anilines is 1. The summed E-state index contributed by atoms with van der Waals surface area (Å²) in [5, 5.41) is 12.2. The number of rotatable bonds is 7. The Kier molecular flexibility index (Phi) is 6.81. The number of benzene rings is 2. The summed E-state index contributed by atoms with van der Waals surface area (Å²) in [6.07, 6.45) is 1.60. The first-order valence-corrected chi connectivity index (χ1v) is 8.43. The Labute approximate surface area is 154 Å². The van der Waals surface area contributed by atoms with Crippen LogP contribution < -0.4 is 15.0 Å². The second kappa shape index (κ2) is 9.28. The van der Waals surface area contributed by atoms with Gasteiger partial charge >= 0.3 is 0 Å². The Hall–Kier alpha value is -3.26. The van der Waals surface area contributed by atoms with E-state index in [0.717, 1.165) is 22.6 Å². The monoisotopic (exact) mass is 349 g/mol. The third-order valence-corrected chi connectivity index (χ3v) is 3.94. The molecule has 0 aliphatic heterocycles. The van der Waals surface area contributed by atoms with E-state index < -0.39 is 5.91 Å². The molecule has 134 valence electrons. The van der Waals surface area contributed by atoms with E-state index in [-0.39, 0.29) is 5.57 Å². The van der Waals surface area contributed by atoms with Crippen LogP contribution in [0.2, 0.25) is 0 Å². The SMILES string of the molecule is CCN(/C=C(/C#N)C(=O)NCc1ccc(OC)cc1)c1cccc(C)c1. The molecule has 1 N–H and O–H groups in total. The first-order valence-electron chi connectivity index (χ1n) is 8.43. The van der Waals surface area contributed by atoms with Crippen molar-refractivity contribution in [2.75, 3.05) is 18.6 Å². The molecule has 0 saturated carbocycles. The molecule has 0 bridgehead atoms. The predicted octanol–water partition coefficient (Wildman–Crippen LogP) is 3.55. The van der Waals surface area contributed by atoms with Crippen LogP contribution in [0.15, 0.2) is 60.3 Å². The van der Waals surface area contributed by atoms with Crippen LogP contribution in [-0.2, 0) is 11.3 Å². The summed E-state index contributed by atoms with van der Waals surface area (Å²) >= 11 is 0. The van der Waals surface area contributed by atoms with Gasteiger partial charge < -0.3 is 15.0 Å². The highest BCUT2D eigenvalue weighted by Crippen LogP contribution is 2.17. The molecule has 0 aliphatic carbocycles. The normalized spacial score (nSPS) is 10.8. The fourth-order valence-electron chi connectivity index (χ4n) is 2.47. The van der Waals surface area contributed by atoms with E-state index in [1.165, 1.54) is 0 Å². The van der Waals surface area contributed by atoms with Crippen molar-refractivity contribution >= 4 is 11.6 Å². The van der Waals surface area contributed by atoms with Crippen molar-refractivity contribution in [2.24, 2.45) is 0 Å². The van der Waals surface area contributed by atoms with Gasteiger partial charge in [-0.3, -0.25) is 4.79 Å². The van der Waals surface area contributed by atoms with E-state index in [1.807, 2.05) is 73.3 Å². The van der Waals surface area contributed by atoms with Crippen LogP contribution in [0.25, 0.3) is 0 Å². The van der Waals surface area contributed by atoms with Gasteiger partial charge in [-0.15, -0.1) is 0 Å². The number of ether oxygens (including phenoxy) is 1. The lowest BCUT2D eigenvalue weighted by atomic mass is 10.2. The molecular formula is C21H23N3O2. The van der Waals surface area contributed by atoms with Gasteiger partial charge in [-0.2, -0.15) is 5.26 Å². The number of nitrogens with one attached hydrogen (secondary N) is 1. The van der Waals surface area contributed by atoms with Gasteiger partial charge in [0.15, 0.2) is 0 Å². The van der Waals surface area contributed by atoms with Crippen molar-refractivity contribution in [3.8, 4) is 11.8 Å². The lowest BCUT2D eigenvalue weighted by Gasteiger charge is -2.19. The number of hydrogen-bond acceptors (Lipinski definition) is 4. The summed E-state index contributed by atoms with van der Waals surface area (Å²) in [5.41, 5.74) is 3.07. The van der Waals surface area contributed by atoms with Crippen LogP contribution in [0, 0.1) is 18.3 Å². The number of nitriles is 1. The van der Waals surface area contributed by atoms with E-state index in [9.17, 15) is 10.1 Å². The minimum absolute atomic E-state index is 0.0712. The molecule has 0 aliphatic rings. The number of carbonyl (C=O) groups excluding carboxylic acids is 1. The Morgan fingerprint density at radius 1 is 1.27 bits per heavy atom. The largest absolute Gasteiger partial charge is 0.497 e. The maximum absolute atomic E-state index is 12.4. The van der Waals surface area contributed by atoms with E-state index in [1.54, 1.807) is 13.3 Å². The minimum Gasteiger partial charge on any atom is -0.497 e. The van der Waals surface area contributed by atoms with Crippen LogP contribution in [0.1, 0.15) is 18.1 Å². The summed E-state index contributed by atoms with van der Waals surface area (Å²) in [4.78, 5) is 14.3. The van der Waals surface area contributed by atoms with E-state index in [2.05, 4.69) is 5.32 Å². The fraction of sp³-hybridized carbons (Fsp3) is 0.238. The summed E-state index contributed by atoms with van der Waals surface area (Å²) in [6, 6.07) is 17.3. The highest BCUT2D eigenvalue weighted by atomic mass is 16.5. The molecular weight excluding hydrogens is 326 g/mol. The number of carbonyl (C=O) groups is 1. The molecule has 5 heteroatoms. The molecule has 0 unspecified atom stereocenters. The zero-order valence-corrected chi connectivity index (χ0v) is 15.3. The Morgan fingerprint density at radius 2 is 2.00 bits per heavy atom. The van der Waals surface area contributed by atoms with Gasteiger partial charge in [0.2, 0.25) is 0 Å². The molecule has 0 fully saturated rings. The van der Waals surface area contributed by atoms with Crippen molar-refractivity contribution in [1.82, 2.24) is 5.32 Å². The topological polar surface area (TPSA) is 65.4 Å². The number of nitrogens with zero attached hydrogens (tertiary/aromatic N) is 2. The molecule has 2 aromatic rings. The standard InChI is InChI=1S/C21H23N3O2/c1-4-24(19-7-5-6-16(2)12-19)15-18(13-22)21(25)23-14-17-8-10-20(26-3)11-9-17/h5-12,15H,4,14H2,1-3H3,(H,23,25)/b18-15-. The van der Waals surface area contributed by atoms with Crippen LogP contribution in [0.4, 0.5) is 5.69 Å². The molecule has 2 aromatic carbocycles. The number of aryl methyl sites for hydroxylation is 1. The Bertz CT molecular complexity index is 820. The number of amides is 1. The highest BCUT2D eigenvalue weighted by molar-refractivity contribution is 5.97. The smallest absolute Gasteiger partial charge is 0.263 e. The van der Waals surface area contributed by atoms with Crippen LogP contribution in [0.5, 0.6) is 5.75 Å². The average molecular weight is 349 g/mol. The highest BCUT2D eigenvalue weighted by Gasteiger charge is 2.11. The van der Waals surface area contributed by atoms with E-state index >= 15 is 0 Å². The predicted molar refractivity (Wildman–Crippen MR) is 103 cm³/mol. The van der Waals surface area contributed by atoms with Gasteiger partial charge in [-0.05, 0) is 49.2 Å². The first kappa shape index (κ1) is 19.1. The van der Waals surface area contributed by atoms with Gasteiger partial charge in [0.1, 0.15) is 17.4 Å². The Morgan fingerprint density at radius 3 is 2.58 bits per heavy atom. The molecule has 5 nitrogen and oxygen atoms in total. The average Bonchev–Trinajstić information content (AvgIpc) is 2.67. The van der Waals surface area contributed by atoms with Crippen molar-refractivity contribution < 1.29 is 9.53 Å². The molecule has 0 atom stereocenters. The van der Waals surface area contributed by atoms with Crippen molar-refractivity contribution in [3.63, 3.8) is 0 Å². The maximum Gasteiger partial charge on any atom is 0.263 e. The lowest BCUT2D eigenvalue weighted by Crippen LogP contribution is -2.26. The van der Waals surface area contributed by atoms with Crippen molar-refractivity contribution in [1.29, 1.82) is 5.26 Å². The van der Waals surface area contributed by atoms with Crippen LogP contribution in [0.3, 0.4) is 0 Å². The molecule has 0 radical (unpaired) electrons. The molecule has 0 aromatic heterocycles. The van der Waals surface area contributed by atoms with E-state index in [4.69, 9.17) is 4.74 Å². The van der Waals surface area contributed by atoms with Gasteiger partial charge in [-0.1, -0.05) is 24.3 Å². The quantitative estimate of drug-likeness (QED) is 0.613. The maximum atomic E-state index is 12.4. The first-order chi connectivity index (χ1) is 12.6. The summed E-state index contributed by atoms with van der Waals surface area (Å²) < 4.78 is 5.11. The zero-order valence-electron chi connectivity index (χ0n) is 15.3. The van der Waals surface area contributed by atoms with Gasteiger partial charge in [0, 0.05) is 25.0 Å². The molecule has 2 rings (SSSR count). The van der Waals surface area contributed by atoms with Gasteiger partial charge in [0.05, 0.1) is 7.11 Å². The van der Waals surface area contributed by atoms with Crippen molar-refractivity contribution in [3.05, 3.63) is 71.4 Å². The summed E-state index contributed by atoms with van der Waals surface area (Å²) in [7, 11) is 1.61. The fourth-order valence-corrected chi connectivity index (χ4v) is 2.47. The number of hydrogen-bond donors (Lipinski definition) is 1. The molecule has 1 amide bonds. The minimum atomic E-state index is -0.394. The third-order valence-electron chi connectivity index (χ3n) is 3.94. The zero-order chi connectivity index (χ0) is 18.9. The van der Waals surface area contributed by atoms with Crippen molar-refractivity contribution in [2.45, 2.75) is 20.4 Å². The van der Waals surface area contributed by atoms with Gasteiger partial charge in [-0.25, -0.2) is 0 Å². The molecule has 0 saturated heterocycles. The van der Waals surface area contributed by atoms with Crippen LogP contribution in [-0.4, -0.2) is 19.6 Å².